The van der Waals surface area contributed by atoms with E-state index in [1.165, 1.54) is 6.92 Å². The van der Waals surface area contributed by atoms with Crippen molar-refractivity contribution in [3.05, 3.63) is 12.2 Å². The van der Waals surface area contributed by atoms with Gasteiger partial charge in [0.2, 0.25) is 0 Å². The van der Waals surface area contributed by atoms with Gasteiger partial charge in [-0.1, -0.05) is 13.5 Å². The van der Waals surface area contributed by atoms with E-state index < -0.39 is 17.4 Å². The number of carbonyl (C=O) groups excluding carboxylic acids is 2. The Morgan fingerprint density at radius 2 is 1.93 bits per heavy atom. The Labute approximate surface area is 83.6 Å². The van der Waals surface area contributed by atoms with Crippen molar-refractivity contribution in [3.63, 3.8) is 0 Å². The van der Waals surface area contributed by atoms with Gasteiger partial charge in [0.25, 0.3) is 0 Å². The molecular formula is C10H16O4. The van der Waals surface area contributed by atoms with Crippen LogP contribution in [0, 0.1) is 0 Å². The number of esters is 1. The summed E-state index contributed by atoms with van der Waals surface area (Å²) < 4.78 is 4.65. The maximum atomic E-state index is 11.2. The van der Waals surface area contributed by atoms with Crippen molar-refractivity contribution in [2.75, 3.05) is 6.61 Å². The fourth-order valence-electron chi connectivity index (χ4n) is 1.06. The van der Waals surface area contributed by atoms with Gasteiger partial charge in [0.05, 0.1) is 12.2 Å². The average Bonchev–Trinajstić information content (AvgIpc) is 2.15. The van der Waals surface area contributed by atoms with Crippen molar-refractivity contribution >= 4 is 11.8 Å². The van der Waals surface area contributed by atoms with Crippen LogP contribution in [0.2, 0.25) is 0 Å². The number of ketones is 1. The van der Waals surface area contributed by atoms with Crippen LogP contribution in [0.5, 0.6) is 0 Å². The first kappa shape index (κ1) is 12.8. The molecule has 1 N–H and O–H groups in total. The second-order valence-electron chi connectivity index (χ2n) is 2.97. The van der Waals surface area contributed by atoms with Crippen LogP contribution < -0.4 is 0 Å². The van der Waals surface area contributed by atoms with Crippen molar-refractivity contribution in [2.45, 2.75) is 32.8 Å². The molecule has 0 spiro atoms. The highest BCUT2D eigenvalue weighted by atomic mass is 16.5. The highest BCUT2D eigenvalue weighted by molar-refractivity contribution is 6.01. The van der Waals surface area contributed by atoms with Crippen LogP contribution in [-0.2, 0) is 14.3 Å². The Hall–Kier alpha value is -1.16. The van der Waals surface area contributed by atoms with Gasteiger partial charge < -0.3 is 9.84 Å². The van der Waals surface area contributed by atoms with E-state index in [2.05, 4.69) is 11.3 Å². The van der Waals surface area contributed by atoms with Gasteiger partial charge in [-0.05, 0) is 20.3 Å². The molecule has 4 nitrogen and oxygen atoms in total. The van der Waals surface area contributed by atoms with Crippen LogP contribution in [-0.4, -0.2) is 29.1 Å². The SMILES string of the molecule is C=C(C(=O)OCC)C(O)(CC)C(C)=O. The van der Waals surface area contributed by atoms with Crippen LogP contribution >= 0.6 is 0 Å². The molecule has 0 amide bonds. The minimum Gasteiger partial charge on any atom is -0.463 e. The van der Waals surface area contributed by atoms with E-state index in [1.807, 2.05) is 0 Å². The zero-order valence-electron chi connectivity index (χ0n) is 8.79. The average molecular weight is 200 g/mol. The summed E-state index contributed by atoms with van der Waals surface area (Å²) in [6, 6.07) is 0. The fourth-order valence-corrected chi connectivity index (χ4v) is 1.06. The Morgan fingerprint density at radius 1 is 1.43 bits per heavy atom. The maximum absolute atomic E-state index is 11.2. The molecule has 1 atom stereocenters. The minimum absolute atomic E-state index is 0.111. The topological polar surface area (TPSA) is 63.6 Å². The molecule has 4 heteroatoms. The summed E-state index contributed by atoms with van der Waals surface area (Å²) in [7, 11) is 0. The summed E-state index contributed by atoms with van der Waals surface area (Å²) >= 11 is 0. The molecule has 0 bridgehead atoms. The molecule has 0 aromatic carbocycles. The second-order valence-corrected chi connectivity index (χ2v) is 2.97. The van der Waals surface area contributed by atoms with Gasteiger partial charge in [-0.25, -0.2) is 4.79 Å². The van der Waals surface area contributed by atoms with Gasteiger partial charge in [0, 0.05) is 0 Å². The van der Waals surface area contributed by atoms with Gasteiger partial charge in [0.1, 0.15) is 0 Å². The molecule has 0 aliphatic carbocycles. The van der Waals surface area contributed by atoms with Crippen molar-refractivity contribution in [2.24, 2.45) is 0 Å². The first-order chi connectivity index (χ1) is 6.40. The summed E-state index contributed by atoms with van der Waals surface area (Å²) in [6.07, 6.45) is 0.111. The third-order valence-corrected chi connectivity index (χ3v) is 2.12. The third-order valence-electron chi connectivity index (χ3n) is 2.12. The highest BCUT2D eigenvalue weighted by Gasteiger charge is 2.38. The number of rotatable bonds is 5. The van der Waals surface area contributed by atoms with Crippen molar-refractivity contribution in [1.82, 2.24) is 0 Å². The molecule has 0 heterocycles. The number of hydrogen-bond donors (Lipinski definition) is 1. The van der Waals surface area contributed by atoms with Crippen LogP contribution in [0.25, 0.3) is 0 Å². The molecular weight excluding hydrogens is 184 g/mol. The van der Waals surface area contributed by atoms with Gasteiger partial charge in [-0.15, -0.1) is 0 Å². The van der Waals surface area contributed by atoms with Crippen molar-refractivity contribution in [1.29, 1.82) is 0 Å². The highest BCUT2D eigenvalue weighted by Crippen LogP contribution is 2.21. The van der Waals surface area contributed by atoms with E-state index in [1.54, 1.807) is 13.8 Å². The molecule has 0 aromatic rings. The maximum Gasteiger partial charge on any atom is 0.336 e. The summed E-state index contributed by atoms with van der Waals surface area (Å²) in [5, 5.41) is 9.81. The van der Waals surface area contributed by atoms with Crippen LogP contribution in [0.1, 0.15) is 27.2 Å². The lowest BCUT2D eigenvalue weighted by Crippen LogP contribution is -2.41. The van der Waals surface area contributed by atoms with E-state index in [0.29, 0.717) is 0 Å². The number of carbonyl (C=O) groups is 2. The van der Waals surface area contributed by atoms with E-state index in [-0.39, 0.29) is 18.6 Å². The van der Waals surface area contributed by atoms with Gasteiger partial charge in [0.15, 0.2) is 11.4 Å². The largest absolute Gasteiger partial charge is 0.463 e. The predicted octanol–water partition coefficient (Wildman–Crippen LogP) is 0.836. The van der Waals surface area contributed by atoms with Crippen LogP contribution in [0.4, 0.5) is 0 Å². The third kappa shape index (κ3) is 2.42. The van der Waals surface area contributed by atoms with Crippen molar-refractivity contribution < 1.29 is 19.4 Å². The molecule has 0 radical (unpaired) electrons. The normalized spacial score (nSPS) is 14.3. The Kier molecular flexibility index (Phi) is 4.50. The van der Waals surface area contributed by atoms with E-state index >= 15 is 0 Å². The quantitative estimate of drug-likeness (QED) is 0.527. The van der Waals surface area contributed by atoms with E-state index in [4.69, 9.17) is 0 Å². The van der Waals surface area contributed by atoms with E-state index in [0.717, 1.165) is 0 Å². The Morgan fingerprint density at radius 3 is 2.21 bits per heavy atom. The number of hydrogen-bond acceptors (Lipinski definition) is 4. The zero-order chi connectivity index (χ0) is 11.4. The van der Waals surface area contributed by atoms with Gasteiger partial charge in [-0.3, -0.25) is 4.79 Å². The predicted molar refractivity (Wildman–Crippen MR) is 51.7 cm³/mol. The first-order valence-electron chi connectivity index (χ1n) is 4.50. The van der Waals surface area contributed by atoms with Gasteiger partial charge in [-0.2, -0.15) is 0 Å². The zero-order valence-corrected chi connectivity index (χ0v) is 8.79. The number of ether oxygens (including phenoxy) is 1. The Balaban J connectivity index is 4.79. The fraction of sp³-hybridized carbons (Fsp3) is 0.600. The molecule has 80 valence electrons. The van der Waals surface area contributed by atoms with Crippen molar-refractivity contribution in [3.8, 4) is 0 Å². The summed E-state index contributed by atoms with van der Waals surface area (Å²) in [4.78, 5) is 22.3. The molecule has 14 heavy (non-hydrogen) atoms. The molecule has 0 aliphatic heterocycles. The molecule has 0 aromatic heterocycles. The van der Waals surface area contributed by atoms with Crippen LogP contribution in [0.15, 0.2) is 12.2 Å². The Bertz CT molecular complexity index is 257. The summed E-state index contributed by atoms with van der Waals surface area (Å²) in [5.74, 6) is -1.23. The number of Topliss-reactive ketones (excluding diaryl/α,β-unsaturated/α-hetero) is 1. The van der Waals surface area contributed by atoms with Crippen LogP contribution in [0.3, 0.4) is 0 Å². The van der Waals surface area contributed by atoms with E-state index in [9.17, 15) is 14.7 Å². The lowest BCUT2D eigenvalue weighted by molar-refractivity contribution is -0.145. The molecule has 0 aliphatic rings. The number of aliphatic hydroxyl groups is 1. The molecule has 0 saturated heterocycles. The lowest BCUT2D eigenvalue weighted by Gasteiger charge is -2.24. The smallest absolute Gasteiger partial charge is 0.336 e. The summed E-state index contributed by atoms with van der Waals surface area (Å²) in [6.45, 7) is 8.04. The molecule has 0 fully saturated rings. The minimum atomic E-state index is -1.79. The molecule has 1 unspecified atom stereocenters. The first-order valence-corrected chi connectivity index (χ1v) is 4.50. The van der Waals surface area contributed by atoms with Gasteiger partial charge >= 0.3 is 5.97 Å². The molecule has 0 rings (SSSR count). The lowest BCUT2D eigenvalue weighted by atomic mass is 9.88. The monoisotopic (exact) mass is 200 g/mol. The second kappa shape index (κ2) is 4.91. The standard InChI is InChI=1S/C10H16O4/c1-5-10(13,8(4)11)7(3)9(12)14-6-2/h13H,3,5-6H2,1-2,4H3. The molecule has 0 saturated carbocycles. The summed E-state index contributed by atoms with van der Waals surface area (Å²) in [5.41, 5.74) is -1.99.